The molecule has 72 valence electrons. The molecule has 1 atom stereocenters. The molecule has 0 unspecified atom stereocenters. The van der Waals surface area contributed by atoms with Gasteiger partial charge in [-0.15, -0.1) is 0 Å². The Bertz CT molecular complexity index is 260. The third-order valence-corrected chi connectivity index (χ3v) is 1.82. The molecular formula is C10H14O3. The van der Waals surface area contributed by atoms with E-state index in [1.165, 1.54) is 0 Å². The topological polar surface area (TPSA) is 49.7 Å². The van der Waals surface area contributed by atoms with E-state index in [9.17, 15) is 5.11 Å². The molecule has 0 aromatic heterocycles. The van der Waals surface area contributed by atoms with Gasteiger partial charge in [-0.05, 0) is 11.1 Å². The molecule has 1 aromatic rings. The van der Waals surface area contributed by atoms with Gasteiger partial charge in [-0.3, -0.25) is 0 Å². The van der Waals surface area contributed by atoms with Crippen LogP contribution < -0.4 is 0 Å². The minimum absolute atomic E-state index is 0.254. The minimum atomic E-state index is -0.795. The van der Waals surface area contributed by atoms with Gasteiger partial charge in [0.25, 0.3) is 0 Å². The van der Waals surface area contributed by atoms with Gasteiger partial charge in [-0.1, -0.05) is 24.3 Å². The summed E-state index contributed by atoms with van der Waals surface area (Å²) >= 11 is 0. The summed E-state index contributed by atoms with van der Waals surface area (Å²) in [4.78, 5) is 0. The second-order valence-corrected chi connectivity index (χ2v) is 2.88. The molecule has 0 aliphatic rings. The number of hydrogen-bond acceptors (Lipinski definition) is 3. The highest BCUT2D eigenvalue weighted by molar-refractivity contribution is 5.24. The number of aliphatic hydroxyl groups excluding tert-OH is 2. The van der Waals surface area contributed by atoms with E-state index in [0.29, 0.717) is 6.61 Å². The zero-order chi connectivity index (χ0) is 9.68. The van der Waals surface area contributed by atoms with Crippen LogP contribution in [0.15, 0.2) is 24.3 Å². The maximum atomic E-state index is 9.33. The highest BCUT2D eigenvalue weighted by Crippen LogP contribution is 2.14. The fourth-order valence-electron chi connectivity index (χ4n) is 1.16. The predicted octanol–water partition coefficient (Wildman–Crippen LogP) is 0.859. The first-order chi connectivity index (χ1) is 6.27. The fourth-order valence-corrected chi connectivity index (χ4v) is 1.16. The lowest BCUT2D eigenvalue weighted by Gasteiger charge is -2.08. The van der Waals surface area contributed by atoms with Crippen LogP contribution in [0.2, 0.25) is 0 Å². The van der Waals surface area contributed by atoms with E-state index in [1.807, 2.05) is 18.2 Å². The quantitative estimate of drug-likeness (QED) is 0.726. The largest absolute Gasteiger partial charge is 0.393 e. The van der Waals surface area contributed by atoms with Crippen LogP contribution in [0, 0.1) is 0 Å². The van der Waals surface area contributed by atoms with Crippen LogP contribution in [0.25, 0.3) is 0 Å². The molecular weight excluding hydrogens is 168 g/mol. The van der Waals surface area contributed by atoms with Gasteiger partial charge in [-0.2, -0.15) is 0 Å². The van der Waals surface area contributed by atoms with Crippen LogP contribution in [0.5, 0.6) is 0 Å². The van der Waals surface area contributed by atoms with Crippen molar-refractivity contribution < 1.29 is 14.9 Å². The highest BCUT2D eigenvalue weighted by Gasteiger charge is 2.05. The lowest BCUT2D eigenvalue weighted by molar-refractivity contribution is 0.0953. The standard InChI is InChI=1S/C10H14O3/c1-13-7-8-3-2-4-9(5-8)10(12)6-11/h2-5,10-12H,6-7H2,1H3/t10-/m1/s1. The van der Waals surface area contributed by atoms with Crippen molar-refractivity contribution in [2.45, 2.75) is 12.7 Å². The van der Waals surface area contributed by atoms with Gasteiger partial charge in [0.2, 0.25) is 0 Å². The average Bonchev–Trinajstić information content (AvgIpc) is 2.18. The Labute approximate surface area is 77.6 Å². The summed E-state index contributed by atoms with van der Waals surface area (Å²) in [7, 11) is 1.62. The molecule has 0 radical (unpaired) electrons. The normalized spacial score (nSPS) is 12.8. The van der Waals surface area contributed by atoms with Crippen molar-refractivity contribution in [1.29, 1.82) is 0 Å². The van der Waals surface area contributed by atoms with Crippen molar-refractivity contribution >= 4 is 0 Å². The van der Waals surface area contributed by atoms with Gasteiger partial charge in [0, 0.05) is 7.11 Å². The molecule has 0 aliphatic carbocycles. The maximum absolute atomic E-state index is 9.33. The molecule has 0 fully saturated rings. The predicted molar refractivity (Wildman–Crippen MR) is 49.2 cm³/mol. The van der Waals surface area contributed by atoms with Crippen LogP contribution in [0.3, 0.4) is 0 Å². The molecule has 13 heavy (non-hydrogen) atoms. The summed E-state index contributed by atoms with van der Waals surface area (Å²) in [6, 6.07) is 7.35. The smallest absolute Gasteiger partial charge is 0.102 e. The molecule has 0 aliphatic heterocycles. The Balaban J connectivity index is 2.78. The van der Waals surface area contributed by atoms with Gasteiger partial charge in [0.1, 0.15) is 6.10 Å². The second kappa shape index (κ2) is 4.97. The molecule has 0 saturated carbocycles. The number of rotatable bonds is 4. The summed E-state index contributed by atoms with van der Waals surface area (Å²) in [5.74, 6) is 0. The Morgan fingerprint density at radius 1 is 1.46 bits per heavy atom. The first kappa shape index (κ1) is 10.2. The van der Waals surface area contributed by atoms with Crippen LogP contribution in [0.4, 0.5) is 0 Å². The first-order valence-corrected chi connectivity index (χ1v) is 4.14. The van der Waals surface area contributed by atoms with Gasteiger partial charge in [0.05, 0.1) is 13.2 Å². The van der Waals surface area contributed by atoms with E-state index in [0.717, 1.165) is 11.1 Å². The molecule has 0 bridgehead atoms. The average molecular weight is 182 g/mol. The van der Waals surface area contributed by atoms with E-state index < -0.39 is 6.10 Å². The molecule has 2 N–H and O–H groups in total. The van der Waals surface area contributed by atoms with Crippen molar-refractivity contribution in [1.82, 2.24) is 0 Å². The zero-order valence-electron chi connectivity index (χ0n) is 7.60. The number of hydrogen-bond donors (Lipinski definition) is 2. The summed E-state index contributed by atoms with van der Waals surface area (Å²) < 4.78 is 4.95. The van der Waals surface area contributed by atoms with Crippen LogP contribution in [-0.2, 0) is 11.3 Å². The Morgan fingerprint density at radius 3 is 2.85 bits per heavy atom. The summed E-state index contributed by atoms with van der Waals surface area (Å²) in [5, 5.41) is 18.1. The summed E-state index contributed by atoms with van der Waals surface area (Å²) in [5.41, 5.74) is 1.71. The number of aliphatic hydroxyl groups is 2. The maximum Gasteiger partial charge on any atom is 0.102 e. The van der Waals surface area contributed by atoms with Crippen LogP contribution >= 0.6 is 0 Å². The van der Waals surface area contributed by atoms with Crippen molar-refractivity contribution in [2.75, 3.05) is 13.7 Å². The molecule has 3 heteroatoms. The van der Waals surface area contributed by atoms with Gasteiger partial charge in [-0.25, -0.2) is 0 Å². The van der Waals surface area contributed by atoms with Crippen molar-refractivity contribution in [3.63, 3.8) is 0 Å². The summed E-state index contributed by atoms with van der Waals surface area (Å²) in [6.45, 7) is 0.266. The van der Waals surface area contributed by atoms with Gasteiger partial charge in [0.15, 0.2) is 0 Å². The molecule has 0 spiro atoms. The second-order valence-electron chi connectivity index (χ2n) is 2.88. The summed E-state index contributed by atoms with van der Waals surface area (Å²) in [6.07, 6.45) is -0.795. The van der Waals surface area contributed by atoms with Gasteiger partial charge >= 0.3 is 0 Å². The van der Waals surface area contributed by atoms with Crippen molar-refractivity contribution in [3.8, 4) is 0 Å². The van der Waals surface area contributed by atoms with Crippen molar-refractivity contribution in [2.24, 2.45) is 0 Å². The monoisotopic (exact) mass is 182 g/mol. The van der Waals surface area contributed by atoms with E-state index >= 15 is 0 Å². The molecule has 0 saturated heterocycles. The van der Waals surface area contributed by atoms with E-state index in [4.69, 9.17) is 9.84 Å². The molecule has 3 nitrogen and oxygen atoms in total. The highest BCUT2D eigenvalue weighted by atomic mass is 16.5. The molecule has 0 heterocycles. The lowest BCUT2D eigenvalue weighted by atomic mass is 10.1. The fraction of sp³-hybridized carbons (Fsp3) is 0.400. The number of benzene rings is 1. The van der Waals surface area contributed by atoms with E-state index in [1.54, 1.807) is 13.2 Å². The van der Waals surface area contributed by atoms with E-state index in [2.05, 4.69) is 0 Å². The molecule has 1 rings (SSSR count). The minimum Gasteiger partial charge on any atom is -0.393 e. The SMILES string of the molecule is COCc1cccc([C@H](O)CO)c1. The van der Waals surface area contributed by atoms with Crippen LogP contribution in [0.1, 0.15) is 17.2 Å². The van der Waals surface area contributed by atoms with Gasteiger partial charge < -0.3 is 14.9 Å². The Morgan fingerprint density at radius 2 is 2.23 bits per heavy atom. The van der Waals surface area contributed by atoms with E-state index in [-0.39, 0.29) is 6.61 Å². The lowest BCUT2D eigenvalue weighted by Crippen LogP contribution is -2.02. The van der Waals surface area contributed by atoms with Crippen LogP contribution in [-0.4, -0.2) is 23.9 Å². The third kappa shape index (κ3) is 2.81. The Kier molecular flexibility index (Phi) is 3.89. The number of ether oxygens (including phenoxy) is 1. The third-order valence-electron chi connectivity index (χ3n) is 1.82. The zero-order valence-corrected chi connectivity index (χ0v) is 7.60. The first-order valence-electron chi connectivity index (χ1n) is 4.14. The molecule has 1 aromatic carbocycles. The molecule has 0 amide bonds. The number of methoxy groups -OCH3 is 1. The Hall–Kier alpha value is -0.900. The van der Waals surface area contributed by atoms with Crippen molar-refractivity contribution in [3.05, 3.63) is 35.4 Å².